The van der Waals surface area contributed by atoms with Crippen molar-refractivity contribution < 1.29 is 14.7 Å². The summed E-state index contributed by atoms with van der Waals surface area (Å²) in [5.74, 6) is -1.10. The van der Waals surface area contributed by atoms with Gasteiger partial charge in [-0.25, -0.2) is 0 Å². The van der Waals surface area contributed by atoms with E-state index in [-0.39, 0.29) is 11.9 Å². The number of amides is 1. The summed E-state index contributed by atoms with van der Waals surface area (Å²) in [6.07, 6.45) is 3.72. The number of likely N-dealkylation sites (tertiary alicyclic amines) is 1. The van der Waals surface area contributed by atoms with Gasteiger partial charge in [-0.2, -0.15) is 0 Å². The summed E-state index contributed by atoms with van der Waals surface area (Å²) in [6.45, 7) is 6.79. The van der Waals surface area contributed by atoms with Gasteiger partial charge in [0.05, 0.1) is 5.92 Å². The van der Waals surface area contributed by atoms with Gasteiger partial charge in [0.2, 0.25) is 5.91 Å². The van der Waals surface area contributed by atoms with E-state index in [4.69, 9.17) is 0 Å². The van der Waals surface area contributed by atoms with E-state index in [1.807, 2.05) is 6.92 Å². The third-order valence-electron chi connectivity index (χ3n) is 4.61. The molecular formula is C17H25NO3S. The summed E-state index contributed by atoms with van der Waals surface area (Å²) in [6, 6.07) is 2.01. The first kappa shape index (κ1) is 17.0. The standard InChI is InChI=1S/C17H25NO3S/c1-11-10-14(13(3)22-11)6-4-8-16(19)18-9-5-7-15(12(18)2)17(20)21/h10,12,15H,4-9H2,1-3H3,(H,20,21)/t12-,15-/m1/s1. The predicted molar refractivity (Wildman–Crippen MR) is 88.3 cm³/mol. The van der Waals surface area contributed by atoms with Crippen molar-refractivity contribution in [2.45, 2.75) is 58.9 Å². The Hall–Kier alpha value is -1.36. The average molecular weight is 323 g/mol. The van der Waals surface area contributed by atoms with Gasteiger partial charge in [-0.3, -0.25) is 9.59 Å². The Morgan fingerprint density at radius 2 is 2.14 bits per heavy atom. The fraction of sp³-hybridized carbons (Fsp3) is 0.647. The van der Waals surface area contributed by atoms with Crippen LogP contribution in [0.1, 0.15) is 47.9 Å². The molecule has 1 N–H and O–H groups in total. The molecule has 0 unspecified atom stereocenters. The Labute approximate surface area is 136 Å². The minimum atomic E-state index is -0.783. The third-order valence-corrected chi connectivity index (χ3v) is 5.61. The lowest BCUT2D eigenvalue weighted by molar-refractivity contribution is -0.149. The number of piperidine rings is 1. The molecule has 0 aromatic carbocycles. The first-order valence-electron chi connectivity index (χ1n) is 7.98. The van der Waals surface area contributed by atoms with Crippen molar-refractivity contribution in [1.82, 2.24) is 4.90 Å². The van der Waals surface area contributed by atoms with E-state index in [2.05, 4.69) is 19.9 Å². The Morgan fingerprint density at radius 3 is 2.73 bits per heavy atom. The number of rotatable bonds is 5. The second-order valence-corrected chi connectivity index (χ2v) is 7.67. The van der Waals surface area contributed by atoms with Crippen LogP contribution in [0, 0.1) is 19.8 Å². The number of thiophene rings is 1. The fourth-order valence-electron chi connectivity index (χ4n) is 3.33. The molecule has 1 amide bonds. The number of aliphatic carboxylic acids is 1. The number of aryl methyl sites for hydroxylation is 3. The molecule has 1 fully saturated rings. The fourth-order valence-corrected chi connectivity index (χ4v) is 4.31. The lowest BCUT2D eigenvalue weighted by atomic mass is 9.90. The molecule has 22 heavy (non-hydrogen) atoms. The number of carboxylic acid groups (broad SMARTS) is 1. The van der Waals surface area contributed by atoms with Crippen molar-refractivity contribution in [3.8, 4) is 0 Å². The second kappa shape index (κ2) is 7.27. The summed E-state index contributed by atoms with van der Waals surface area (Å²) >= 11 is 1.80. The van der Waals surface area contributed by atoms with Crippen LogP contribution in [0.15, 0.2) is 6.07 Å². The molecule has 0 saturated carbocycles. The van der Waals surface area contributed by atoms with E-state index >= 15 is 0 Å². The van der Waals surface area contributed by atoms with Crippen LogP contribution in [0.4, 0.5) is 0 Å². The van der Waals surface area contributed by atoms with Gasteiger partial charge in [0.1, 0.15) is 0 Å². The molecule has 4 nitrogen and oxygen atoms in total. The highest BCUT2D eigenvalue weighted by atomic mass is 32.1. The summed E-state index contributed by atoms with van der Waals surface area (Å²) in [7, 11) is 0. The largest absolute Gasteiger partial charge is 0.481 e. The highest BCUT2D eigenvalue weighted by Gasteiger charge is 2.34. The van der Waals surface area contributed by atoms with Crippen LogP contribution in [-0.4, -0.2) is 34.5 Å². The number of carbonyl (C=O) groups excluding carboxylic acids is 1. The number of carboxylic acids is 1. The van der Waals surface area contributed by atoms with Crippen molar-refractivity contribution in [3.05, 3.63) is 21.4 Å². The van der Waals surface area contributed by atoms with Crippen LogP contribution in [0.3, 0.4) is 0 Å². The molecule has 122 valence electrons. The highest BCUT2D eigenvalue weighted by Crippen LogP contribution is 2.26. The van der Waals surface area contributed by atoms with E-state index in [1.165, 1.54) is 15.3 Å². The highest BCUT2D eigenvalue weighted by molar-refractivity contribution is 7.12. The second-order valence-electron chi connectivity index (χ2n) is 6.21. The zero-order chi connectivity index (χ0) is 16.3. The van der Waals surface area contributed by atoms with Gasteiger partial charge in [-0.15, -0.1) is 11.3 Å². The molecule has 5 heteroatoms. The quantitative estimate of drug-likeness (QED) is 0.903. The number of hydrogen-bond donors (Lipinski definition) is 1. The molecule has 1 saturated heterocycles. The average Bonchev–Trinajstić information content (AvgIpc) is 2.76. The van der Waals surface area contributed by atoms with Gasteiger partial charge in [-0.1, -0.05) is 0 Å². The van der Waals surface area contributed by atoms with Gasteiger partial charge in [0.15, 0.2) is 0 Å². The molecule has 2 rings (SSSR count). The van der Waals surface area contributed by atoms with Crippen LogP contribution in [0.5, 0.6) is 0 Å². The van der Waals surface area contributed by atoms with E-state index in [0.29, 0.717) is 19.4 Å². The Kier molecular flexibility index (Phi) is 5.62. The van der Waals surface area contributed by atoms with Crippen molar-refractivity contribution in [2.75, 3.05) is 6.54 Å². The van der Waals surface area contributed by atoms with E-state index in [0.717, 1.165) is 19.3 Å². The Balaban J connectivity index is 1.86. The Bertz CT molecular complexity index is 552. The van der Waals surface area contributed by atoms with Crippen LogP contribution in [0.25, 0.3) is 0 Å². The lowest BCUT2D eigenvalue weighted by Crippen LogP contribution is -2.49. The van der Waals surface area contributed by atoms with E-state index in [1.54, 1.807) is 16.2 Å². The molecule has 0 spiro atoms. The SMILES string of the molecule is Cc1cc(CCCC(=O)N2CCC[C@@H](C(=O)O)[C@H]2C)c(C)s1. The summed E-state index contributed by atoms with van der Waals surface area (Å²) in [5.41, 5.74) is 1.34. The number of carbonyl (C=O) groups is 2. The maximum Gasteiger partial charge on any atom is 0.308 e. The summed E-state index contributed by atoms with van der Waals surface area (Å²) in [4.78, 5) is 28.0. The first-order chi connectivity index (χ1) is 10.4. The maximum absolute atomic E-state index is 12.4. The molecule has 1 aliphatic heterocycles. The minimum Gasteiger partial charge on any atom is -0.481 e. The number of hydrogen-bond acceptors (Lipinski definition) is 3. The van der Waals surface area contributed by atoms with Gasteiger partial charge >= 0.3 is 5.97 Å². The molecule has 1 aliphatic rings. The maximum atomic E-state index is 12.4. The van der Waals surface area contributed by atoms with Crippen LogP contribution < -0.4 is 0 Å². The molecule has 2 heterocycles. The van der Waals surface area contributed by atoms with Crippen molar-refractivity contribution in [2.24, 2.45) is 5.92 Å². The van der Waals surface area contributed by atoms with Crippen LogP contribution in [0.2, 0.25) is 0 Å². The van der Waals surface area contributed by atoms with E-state index < -0.39 is 11.9 Å². The molecule has 2 atom stereocenters. The van der Waals surface area contributed by atoms with Gasteiger partial charge in [-0.05, 0) is 58.1 Å². The van der Waals surface area contributed by atoms with Gasteiger partial charge < -0.3 is 10.0 Å². The summed E-state index contributed by atoms with van der Waals surface area (Å²) < 4.78 is 0. The Morgan fingerprint density at radius 1 is 1.41 bits per heavy atom. The molecule has 0 radical (unpaired) electrons. The zero-order valence-electron chi connectivity index (χ0n) is 13.6. The normalized spacial score (nSPS) is 21.9. The topological polar surface area (TPSA) is 57.6 Å². The summed E-state index contributed by atoms with van der Waals surface area (Å²) in [5, 5.41) is 9.23. The minimum absolute atomic E-state index is 0.100. The smallest absolute Gasteiger partial charge is 0.308 e. The zero-order valence-corrected chi connectivity index (χ0v) is 14.4. The molecule has 1 aromatic heterocycles. The molecule has 1 aromatic rings. The van der Waals surface area contributed by atoms with Crippen LogP contribution in [-0.2, 0) is 16.0 Å². The van der Waals surface area contributed by atoms with Crippen LogP contribution >= 0.6 is 11.3 Å². The number of nitrogens with zero attached hydrogens (tertiary/aromatic N) is 1. The van der Waals surface area contributed by atoms with Crippen molar-refractivity contribution >= 4 is 23.2 Å². The first-order valence-corrected chi connectivity index (χ1v) is 8.80. The monoisotopic (exact) mass is 323 g/mol. The van der Waals surface area contributed by atoms with E-state index in [9.17, 15) is 14.7 Å². The predicted octanol–water partition coefficient (Wildman–Crippen LogP) is 3.40. The van der Waals surface area contributed by atoms with Gasteiger partial charge in [0.25, 0.3) is 0 Å². The van der Waals surface area contributed by atoms with Crippen molar-refractivity contribution in [1.29, 1.82) is 0 Å². The molecule has 0 bridgehead atoms. The third kappa shape index (κ3) is 3.88. The van der Waals surface area contributed by atoms with Crippen molar-refractivity contribution in [3.63, 3.8) is 0 Å². The lowest BCUT2D eigenvalue weighted by Gasteiger charge is -2.37. The molecular weight excluding hydrogens is 298 g/mol. The molecule has 0 aliphatic carbocycles. The van der Waals surface area contributed by atoms with Gasteiger partial charge in [0, 0.05) is 28.8 Å².